The number of amides is 2. The summed E-state index contributed by atoms with van der Waals surface area (Å²) in [6, 6.07) is -0.0664. The van der Waals surface area contributed by atoms with E-state index in [9.17, 15) is 9.59 Å². The zero-order valence-corrected chi connectivity index (χ0v) is 18.7. The van der Waals surface area contributed by atoms with Crippen LogP contribution in [0, 0.1) is 0 Å². The number of hydrogen-bond acceptors (Lipinski definition) is 5. The fraction of sp³-hybridized carbons (Fsp3) is 0.850. The molecule has 0 aliphatic carbocycles. The molecule has 2 N–H and O–H groups in total. The minimum Gasteiger partial charge on any atom is -0.444 e. The third kappa shape index (κ3) is 7.38. The Bertz CT molecular complexity index is 575. The van der Waals surface area contributed by atoms with Crippen LogP contribution in [0.5, 0.6) is 0 Å². The largest absolute Gasteiger partial charge is 0.444 e. The zero-order valence-electron chi connectivity index (χ0n) is 18.7. The molecule has 2 rings (SSSR count). The van der Waals surface area contributed by atoms with E-state index in [0.29, 0.717) is 13.1 Å². The molecule has 2 heterocycles. The van der Waals surface area contributed by atoms with Gasteiger partial charge in [-0.05, 0) is 40.5 Å². The number of alkyl carbamates (subject to hydrolysis) is 1. The van der Waals surface area contributed by atoms with E-state index in [1.165, 1.54) is 0 Å². The highest BCUT2D eigenvalue weighted by molar-refractivity contribution is 5.82. The number of piperazine rings is 1. The van der Waals surface area contributed by atoms with Crippen LogP contribution in [0.4, 0.5) is 4.79 Å². The van der Waals surface area contributed by atoms with Crippen molar-refractivity contribution in [3.05, 3.63) is 0 Å². The number of rotatable bonds is 5. The van der Waals surface area contributed by atoms with Crippen molar-refractivity contribution in [2.24, 2.45) is 4.99 Å². The van der Waals surface area contributed by atoms with E-state index in [1.54, 1.807) is 7.05 Å². The van der Waals surface area contributed by atoms with E-state index in [-0.39, 0.29) is 11.9 Å². The molecule has 9 nitrogen and oxygen atoms in total. The van der Waals surface area contributed by atoms with Crippen molar-refractivity contribution in [1.82, 2.24) is 25.3 Å². The van der Waals surface area contributed by atoms with Crippen molar-refractivity contribution in [1.29, 1.82) is 0 Å². The molecule has 0 bridgehead atoms. The van der Waals surface area contributed by atoms with Crippen LogP contribution in [-0.2, 0) is 9.53 Å². The Hall–Kier alpha value is -2.03. The number of guanidine groups is 1. The van der Waals surface area contributed by atoms with Gasteiger partial charge in [-0.15, -0.1) is 0 Å². The molecule has 0 saturated carbocycles. The van der Waals surface area contributed by atoms with Gasteiger partial charge in [-0.1, -0.05) is 0 Å². The van der Waals surface area contributed by atoms with Gasteiger partial charge in [-0.25, -0.2) is 4.79 Å². The number of hydrogen-bond donors (Lipinski definition) is 2. The minimum absolute atomic E-state index is 0.0664. The molecule has 2 aliphatic rings. The van der Waals surface area contributed by atoms with Crippen LogP contribution < -0.4 is 10.6 Å². The first kappa shape index (κ1) is 23.3. The topological polar surface area (TPSA) is 89.5 Å². The number of likely N-dealkylation sites (tertiary alicyclic amines) is 1. The van der Waals surface area contributed by atoms with E-state index in [4.69, 9.17) is 4.74 Å². The molecular formula is C20H38N6O3. The van der Waals surface area contributed by atoms with Crippen LogP contribution in [0.2, 0.25) is 0 Å². The zero-order chi connectivity index (χ0) is 21.4. The van der Waals surface area contributed by atoms with Gasteiger partial charge < -0.3 is 25.2 Å². The second-order valence-electron chi connectivity index (χ2n) is 8.63. The Kier molecular flexibility index (Phi) is 8.55. The van der Waals surface area contributed by atoms with Crippen LogP contribution in [0.3, 0.4) is 0 Å². The van der Waals surface area contributed by atoms with E-state index in [1.807, 2.05) is 32.6 Å². The third-order valence-electron chi connectivity index (χ3n) is 5.22. The van der Waals surface area contributed by atoms with Crippen molar-refractivity contribution >= 4 is 18.0 Å². The Morgan fingerprint density at radius 1 is 0.966 bits per heavy atom. The second-order valence-corrected chi connectivity index (χ2v) is 8.63. The molecule has 2 saturated heterocycles. The fourth-order valence-electron chi connectivity index (χ4n) is 3.66. The summed E-state index contributed by atoms with van der Waals surface area (Å²) >= 11 is 0. The van der Waals surface area contributed by atoms with E-state index < -0.39 is 11.7 Å². The fourth-order valence-corrected chi connectivity index (χ4v) is 3.66. The van der Waals surface area contributed by atoms with Crippen molar-refractivity contribution in [2.75, 3.05) is 59.4 Å². The molecule has 0 spiro atoms. The first-order valence-corrected chi connectivity index (χ1v) is 10.7. The van der Waals surface area contributed by atoms with Gasteiger partial charge in [0.05, 0.1) is 6.04 Å². The summed E-state index contributed by atoms with van der Waals surface area (Å²) in [4.78, 5) is 35.1. The highest BCUT2D eigenvalue weighted by Gasteiger charge is 2.30. The predicted molar refractivity (Wildman–Crippen MR) is 114 cm³/mol. The lowest BCUT2D eigenvalue weighted by atomic mass is 10.2. The molecule has 0 radical (unpaired) electrons. The SMILES string of the molecule is CN=C(NCCNC(=O)OC(C)(C)C)N1CCN(C(C)C(=O)N2CCCC2)CC1. The first-order valence-electron chi connectivity index (χ1n) is 10.7. The van der Waals surface area contributed by atoms with Gasteiger partial charge >= 0.3 is 6.09 Å². The second kappa shape index (κ2) is 10.7. The molecule has 9 heteroatoms. The number of nitrogens with zero attached hydrogens (tertiary/aromatic N) is 4. The summed E-state index contributed by atoms with van der Waals surface area (Å²) in [5.74, 6) is 1.07. The molecule has 1 atom stereocenters. The Labute approximate surface area is 174 Å². The van der Waals surface area contributed by atoms with Gasteiger partial charge in [0.15, 0.2) is 5.96 Å². The van der Waals surface area contributed by atoms with Crippen LogP contribution in [0.25, 0.3) is 0 Å². The number of ether oxygens (including phenoxy) is 1. The van der Waals surface area contributed by atoms with Crippen LogP contribution >= 0.6 is 0 Å². The van der Waals surface area contributed by atoms with Gasteiger partial charge in [0.25, 0.3) is 0 Å². The van der Waals surface area contributed by atoms with Crippen molar-refractivity contribution < 1.29 is 14.3 Å². The molecule has 1 unspecified atom stereocenters. The van der Waals surface area contributed by atoms with Gasteiger partial charge in [0.2, 0.25) is 5.91 Å². The molecule has 166 valence electrons. The average molecular weight is 411 g/mol. The minimum atomic E-state index is -0.499. The molecule has 29 heavy (non-hydrogen) atoms. The van der Waals surface area contributed by atoms with Crippen LogP contribution in [-0.4, -0.2) is 104 Å². The smallest absolute Gasteiger partial charge is 0.407 e. The quantitative estimate of drug-likeness (QED) is 0.394. The lowest BCUT2D eigenvalue weighted by Crippen LogP contribution is -2.57. The average Bonchev–Trinajstić information content (AvgIpc) is 3.20. The number of aliphatic imine (C=N–C) groups is 1. The molecule has 0 aromatic carbocycles. The molecule has 0 aromatic rings. The summed E-state index contributed by atoms with van der Waals surface area (Å²) < 4.78 is 5.22. The third-order valence-corrected chi connectivity index (χ3v) is 5.22. The summed E-state index contributed by atoms with van der Waals surface area (Å²) in [6.07, 6.45) is 1.83. The Morgan fingerprint density at radius 3 is 2.10 bits per heavy atom. The first-order chi connectivity index (χ1) is 13.7. The van der Waals surface area contributed by atoms with Crippen LogP contribution in [0.1, 0.15) is 40.5 Å². The molecule has 2 fully saturated rings. The monoisotopic (exact) mass is 410 g/mol. The normalized spacial score (nSPS) is 19.8. The van der Waals surface area contributed by atoms with E-state index in [0.717, 1.165) is 58.1 Å². The van der Waals surface area contributed by atoms with Gasteiger partial charge in [-0.2, -0.15) is 0 Å². The highest BCUT2D eigenvalue weighted by atomic mass is 16.6. The van der Waals surface area contributed by atoms with Crippen LogP contribution in [0.15, 0.2) is 4.99 Å². The summed E-state index contributed by atoms with van der Waals surface area (Å²) in [7, 11) is 1.76. The predicted octanol–water partition coefficient (Wildman–Crippen LogP) is 0.715. The molecule has 0 aromatic heterocycles. The van der Waals surface area contributed by atoms with Crippen molar-refractivity contribution in [2.45, 2.75) is 52.2 Å². The van der Waals surface area contributed by atoms with E-state index >= 15 is 0 Å². The lowest BCUT2D eigenvalue weighted by molar-refractivity contribution is -0.135. The molecule has 2 amide bonds. The van der Waals surface area contributed by atoms with Crippen molar-refractivity contribution in [3.63, 3.8) is 0 Å². The Morgan fingerprint density at radius 2 is 1.55 bits per heavy atom. The standard InChI is InChI=1S/C20H38N6O3/c1-16(17(27)25-10-6-7-11-25)24-12-14-26(15-13-24)18(21-5)22-8-9-23-19(28)29-20(2,3)4/h16H,6-15H2,1-5H3,(H,21,22)(H,23,28). The van der Waals surface area contributed by atoms with Crippen molar-refractivity contribution in [3.8, 4) is 0 Å². The van der Waals surface area contributed by atoms with E-state index in [2.05, 4.69) is 25.4 Å². The maximum Gasteiger partial charge on any atom is 0.407 e. The maximum atomic E-state index is 12.6. The molecular weight excluding hydrogens is 372 g/mol. The number of nitrogens with one attached hydrogen (secondary N) is 2. The number of carbonyl (C=O) groups excluding carboxylic acids is 2. The summed E-state index contributed by atoms with van der Waals surface area (Å²) in [6.45, 7) is 13.7. The molecule has 2 aliphatic heterocycles. The van der Waals surface area contributed by atoms with Gasteiger partial charge in [0.1, 0.15) is 5.60 Å². The number of carbonyl (C=O) groups is 2. The lowest BCUT2D eigenvalue weighted by Gasteiger charge is -2.39. The summed E-state index contributed by atoms with van der Waals surface area (Å²) in [5, 5.41) is 6.02. The van der Waals surface area contributed by atoms with Gasteiger partial charge in [0, 0.05) is 59.4 Å². The highest BCUT2D eigenvalue weighted by Crippen LogP contribution is 2.14. The Balaban J connectivity index is 1.70. The maximum absolute atomic E-state index is 12.6. The summed E-state index contributed by atoms with van der Waals surface area (Å²) in [5.41, 5.74) is -0.499. The van der Waals surface area contributed by atoms with Gasteiger partial charge in [-0.3, -0.25) is 14.7 Å².